The zero-order valence-corrected chi connectivity index (χ0v) is 12.9. The summed E-state index contributed by atoms with van der Waals surface area (Å²) in [6.45, 7) is 8.37. The Kier molecular flexibility index (Phi) is 4.54. The van der Waals surface area contributed by atoms with Crippen LogP contribution in [-0.4, -0.2) is 28.6 Å². The van der Waals surface area contributed by atoms with Gasteiger partial charge in [-0.2, -0.15) is 0 Å². The zero-order valence-electron chi connectivity index (χ0n) is 12.1. The number of aliphatic hydroxyl groups excluding tert-OH is 1. The average Bonchev–Trinajstić information content (AvgIpc) is 2.42. The van der Waals surface area contributed by atoms with Crippen molar-refractivity contribution >= 4 is 11.6 Å². The lowest BCUT2D eigenvalue weighted by Gasteiger charge is -2.44. The molecule has 1 aliphatic heterocycles. The number of hydrogen-bond acceptors (Lipinski definition) is 2. The summed E-state index contributed by atoms with van der Waals surface area (Å²) >= 11 is 6.17. The molecule has 1 heterocycles. The summed E-state index contributed by atoms with van der Waals surface area (Å²) in [5.74, 6) is 0. The van der Waals surface area contributed by atoms with E-state index in [2.05, 4.69) is 18.7 Å². The maximum Gasteiger partial charge on any atom is 0.0968 e. The van der Waals surface area contributed by atoms with Crippen LogP contribution in [0.5, 0.6) is 0 Å². The summed E-state index contributed by atoms with van der Waals surface area (Å²) in [7, 11) is 0. The summed E-state index contributed by atoms with van der Waals surface area (Å²) in [6.07, 6.45) is 3.25. The summed E-state index contributed by atoms with van der Waals surface area (Å²) in [6, 6.07) is 5.86. The Labute approximate surface area is 121 Å². The molecule has 106 valence electrons. The minimum atomic E-state index is -0.510. The third-order valence-electron chi connectivity index (χ3n) is 4.35. The van der Waals surface area contributed by atoms with Crippen LogP contribution in [0.2, 0.25) is 5.02 Å². The second kappa shape index (κ2) is 5.82. The normalized spacial score (nSPS) is 19.4. The topological polar surface area (TPSA) is 23.5 Å². The zero-order chi connectivity index (χ0) is 14.0. The molecular weight excluding hydrogens is 258 g/mol. The van der Waals surface area contributed by atoms with Gasteiger partial charge in [-0.3, -0.25) is 4.90 Å². The van der Waals surface area contributed by atoms with Gasteiger partial charge in [-0.25, -0.2) is 0 Å². The molecule has 0 radical (unpaired) electrons. The standard InChI is InChI=1S/C16H24ClNO/c1-12-7-8-13(11-14(12)17)15(19)16(2,3)18-9-5-4-6-10-18/h7-8,11,15,19H,4-6,9-10H2,1-3H3. The van der Waals surface area contributed by atoms with E-state index in [0.717, 1.165) is 29.2 Å². The first-order valence-corrected chi connectivity index (χ1v) is 7.50. The lowest BCUT2D eigenvalue weighted by molar-refractivity contribution is -0.0208. The molecule has 2 rings (SSSR count). The second-order valence-electron chi connectivity index (χ2n) is 6.11. The van der Waals surface area contributed by atoms with Crippen LogP contribution in [-0.2, 0) is 0 Å². The van der Waals surface area contributed by atoms with Gasteiger partial charge in [0.15, 0.2) is 0 Å². The van der Waals surface area contributed by atoms with Crippen LogP contribution < -0.4 is 0 Å². The summed E-state index contributed by atoms with van der Waals surface area (Å²) in [4.78, 5) is 2.40. The molecular formula is C16H24ClNO. The summed E-state index contributed by atoms with van der Waals surface area (Å²) < 4.78 is 0. The lowest BCUT2D eigenvalue weighted by atomic mass is 9.87. The molecule has 0 amide bonds. The van der Waals surface area contributed by atoms with Gasteiger partial charge in [0.1, 0.15) is 0 Å². The number of nitrogens with zero attached hydrogens (tertiary/aromatic N) is 1. The number of halogens is 1. The molecule has 2 nitrogen and oxygen atoms in total. The van der Waals surface area contributed by atoms with E-state index in [-0.39, 0.29) is 5.54 Å². The van der Waals surface area contributed by atoms with Crippen molar-refractivity contribution in [2.45, 2.75) is 51.7 Å². The highest BCUT2D eigenvalue weighted by atomic mass is 35.5. The van der Waals surface area contributed by atoms with Gasteiger partial charge in [0.25, 0.3) is 0 Å². The molecule has 3 heteroatoms. The van der Waals surface area contributed by atoms with Crippen LogP contribution in [0.15, 0.2) is 18.2 Å². The van der Waals surface area contributed by atoms with E-state index in [4.69, 9.17) is 11.6 Å². The fraction of sp³-hybridized carbons (Fsp3) is 0.625. The quantitative estimate of drug-likeness (QED) is 0.907. The molecule has 0 aliphatic carbocycles. The molecule has 1 fully saturated rings. The predicted molar refractivity (Wildman–Crippen MR) is 80.7 cm³/mol. The molecule has 1 unspecified atom stereocenters. The monoisotopic (exact) mass is 281 g/mol. The van der Waals surface area contributed by atoms with Gasteiger partial charge >= 0.3 is 0 Å². The van der Waals surface area contributed by atoms with E-state index >= 15 is 0 Å². The number of benzene rings is 1. The van der Waals surface area contributed by atoms with Crippen molar-refractivity contribution in [2.75, 3.05) is 13.1 Å². The molecule has 1 aromatic rings. The van der Waals surface area contributed by atoms with E-state index in [1.54, 1.807) is 0 Å². The number of hydrogen-bond donors (Lipinski definition) is 1. The third kappa shape index (κ3) is 3.13. The van der Waals surface area contributed by atoms with E-state index in [9.17, 15) is 5.11 Å². The Bertz CT molecular complexity index is 438. The number of piperidine rings is 1. The Balaban J connectivity index is 2.20. The first-order valence-electron chi connectivity index (χ1n) is 7.12. The SMILES string of the molecule is Cc1ccc(C(O)C(C)(C)N2CCCCC2)cc1Cl. The van der Waals surface area contributed by atoms with Gasteiger partial charge in [-0.1, -0.05) is 30.2 Å². The summed E-state index contributed by atoms with van der Waals surface area (Å²) in [5.41, 5.74) is 1.71. The third-order valence-corrected chi connectivity index (χ3v) is 4.76. The maximum absolute atomic E-state index is 10.7. The Morgan fingerprint density at radius 3 is 2.42 bits per heavy atom. The Hall–Kier alpha value is -0.570. The van der Waals surface area contributed by atoms with Crippen LogP contribution in [0.4, 0.5) is 0 Å². The van der Waals surface area contributed by atoms with E-state index in [0.29, 0.717) is 0 Å². The number of aryl methyl sites for hydroxylation is 1. The molecule has 1 atom stereocenters. The van der Waals surface area contributed by atoms with Gasteiger partial charge in [-0.05, 0) is 63.9 Å². The van der Waals surface area contributed by atoms with Crippen molar-refractivity contribution in [3.63, 3.8) is 0 Å². The van der Waals surface area contributed by atoms with Crippen LogP contribution in [0, 0.1) is 6.92 Å². The fourth-order valence-corrected chi connectivity index (χ4v) is 3.02. The number of aliphatic hydroxyl groups is 1. The van der Waals surface area contributed by atoms with Crippen molar-refractivity contribution in [2.24, 2.45) is 0 Å². The van der Waals surface area contributed by atoms with Gasteiger partial charge in [0.05, 0.1) is 6.10 Å². The van der Waals surface area contributed by atoms with Crippen molar-refractivity contribution in [1.29, 1.82) is 0 Å². The van der Waals surface area contributed by atoms with E-state index in [1.807, 2.05) is 25.1 Å². The minimum Gasteiger partial charge on any atom is -0.386 e. The predicted octanol–water partition coefficient (Wildman–Crippen LogP) is 3.95. The van der Waals surface area contributed by atoms with Gasteiger partial charge in [0, 0.05) is 10.6 Å². The highest BCUT2D eigenvalue weighted by molar-refractivity contribution is 6.31. The van der Waals surface area contributed by atoms with Gasteiger partial charge in [-0.15, -0.1) is 0 Å². The number of likely N-dealkylation sites (tertiary alicyclic amines) is 1. The van der Waals surface area contributed by atoms with Crippen molar-refractivity contribution in [3.05, 3.63) is 34.3 Å². The molecule has 0 bridgehead atoms. The molecule has 0 spiro atoms. The van der Waals surface area contributed by atoms with Crippen molar-refractivity contribution in [1.82, 2.24) is 4.90 Å². The van der Waals surface area contributed by atoms with E-state index in [1.165, 1.54) is 19.3 Å². The van der Waals surface area contributed by atoms with E-state index < -0.39 is 6.10 Å². The second-order valence-corrected chi connectivity index (χ2v) is 6.52. The lowest BCUT2D eigenvalue weighted by Crippen LogP contribution is -2.50. The fourth-order valence-electron chi connectivity index (χ4n) is 2.83. The number of rotatable bonds is 3. The van der Waals surface area contributed by atoms with Gasteiger partial charge < -0.3 is 5.11 Å². The summed E-state index contributed by atoms with van der Waals surface area (Å²) in [5, 5.41) is 11.4. The van der Waals surface area contributed by atoms with Crippen LogP contribution in [0.1, 0.15) is 50.3 Å². The molecule has 19 heavy (non-hydrogen) atoms. The van der Waals surface area contributed by atoms with Crippen LogP contribution in [0.25, 0.3) is 0 Å². The highest BCUT2D eigenvalue weighted by Crippen LogP contribution is 2.34. The molecule has 1 saturated heterocycles. The first-order chi connectivity index (χ1) is 8.93. The highest BCUT2D eigenvalue weighted by Gasteiger charge is 2.35. The Morgan fingerprint density at radius 1 is 1.21 bits per heavy atom. The van der Waals surface area contributed by atoms with Crippen molar-refractivity contribution in [3.8, 4) is 0 Å². The minimum absolute atomic E-state index is 0.251. The molecule has 1 aliphatic rings. The average molecular weight is 282 g/mol. The van der Waals surface area contributed by atoms with Crippen LogP contribution >= 0.6 is 11.6 Å². The molecule has 1 aromatic carbocycles. The van der Waals surface area contributed by atoms with Crippen molar-refractivity contribution < 1.29 is 5.11 Å². The smallest absolute Gasteiger partial charge is 0.0968 e. The molecule has 0 saturated carbocycles. The maximum atomic E-state index is 10.7. The first kappa shape index (κ1) is 14.8. The molecule has 0 aromatic heterocycles. The van der Waals surface area contributed by atoms with Gasteiger partial charge in [0.2, 0.25) is 0 Å². The largest absolute Gasteiger partial charge is 0.386 e. The Morgan fingerprint density at radius 2 is 1.84 bits per heavy atom. The van der Waals surface area contributed by atoms with Crippen LogP contribution in [0.3, 0.4) is 0 Å². The molecule has 1 N–H and O–H groups in total.